The van der Waals surface area contributed by atoms with Gasteiger partial charge in [-0.3, -0.25) is 0 Å². The molecule has 6 nitrogen and oxygen atoms in total. The average molecular weight is 355 g/mol. The van der Waals surface area contributed by atoms with Crippen molar-refractivity contribution in [3.05, 3.63) is 52.5 Å². The molecule has 2 aromatic heterocycles. The van der Waals surface area contributed by atoms with Crippen molar-refractivity contribution >= 4 is 29.0 Å². The zero-order valence-electron chi connectivity index (χ0n) is 13.5. The summed E-state index contributed by atoms with van der Waals surface area (Å²) in [5.41, 5.74) is 1.92. The Balaban J connectivity index is 1.99. The Morgan fingerprint density at radius 2 is 2.20 bits per heavy atom. The summed E-state index contributed by atoms with van der Waals surface area (Å²) in [5, 5.41) is 18.9. The van der Waals surface area contributed by atoms with Gasteiger partial charge in [0.2, 0.25) is 5.82 Å². The summed E-state index contributed by atoms with van der Waals surface area (Å²) in [6, 6.07) is 9.20. The summed E-state index contributed by atoms with van der Waals surface area (Å²) in [6.45, 7) is 2.39. The number of thiophene rings is 1. The fourth-order valence-electron chi connectivity index (χ4n) is 2.28. The van der Waals surface area contributed by atoms with E-state index in [0.717, 1.165) is 11.1 Å². The summed E-state index contributed by atoms with van der Waals surface area (Å²) < 4.78 is 10.8. The molecule has 0 amide bonds. The van der Waals surface area contributed by atoms with Crippen molar-refractivity contribution < 1.29 is 19.2 Å². The summed E-state index contributed by atoms with van der Waals surface area (Å²) in [4.78, 5) is 15.5. The third-order valence-electron chi connectivity index (χ3n) is 3.36. The molecule has 3 aromatic rings. The molecule has 0 bridgehead atoms. The molecule has 2 heterocycles. The quantitative estimate of drug-likeness (QED) is 0.647. The second kappa shape index (κ2) is 7.76. The number of rotatable bonds is 7. The Morgan fingerprint density at radius 3 is 2.92 bits per heavy atom. The molecule has 0 atom stereocenters. The van der Waals surface area contributed by atoms with Crippen LogP contribution in [0.25, 0.3) is 23.0 Å². The number of hydrogen-bond donors (Lipinski definition) is 0. The van der Waals surface area contributed by atoms with E-state index in [0.29, 0.717) is 23.8 Å². The van der Waals surface area contributed by atoms with Gasteiger partial charge >= 0.3 is 0 Å². The zero-order valence-corrected chi connectivity index (χ0v) is 14.3. The molecule has 0 aliphatic heterocycles. The highest BCUT2D eigenvalue weighted by molar-refractivity contribution is 7.08. The van der Waals surface area contributed by atoms with E-state index >= 15 is 0 Å². The maximum absolute atomic E-state index is 11.1. The lowest BCUT2D eigenvalue weighted by Gasteiger charge is -2.09. The first kappa shape index (κ1) is 16.9. The van der Waals surface area contributed by atoms with Crippen molar-refractivity contribution in [2.75, 3.05) is 6.61 Å². The normalized spacial score (nSPS) is 11.5. The van der Waals surface area contributed by atoms with Crippen LogP contribution < -0.4 is 9.84 Å². The molecular formula is C18H15N2O4S-. The highest BCUT2D eigenvalue weighted by Crippen LogP contribution is 2.27. The minimum atomic E-state index is -1.23. The van der Waals surface area contributed by atoms with Crippen LogP contribution in [-0.2, 0) is 4.79 Å². The van der Waals surface area contributed by atoms with E-state index in [9.17, 15) is 9.90 Å². The van der Waals surface area contributed by atoms with Crippen LogP contribution in [0.3, 0.4) is 0 Å². The number of carboxylic acid groups (broad SMARTS) is 1. The number of carbonyl (C=O) groups is 1. The number of carboxylic acids is 1. The molecule has 25 heavy (non-hydrogen) atoms. The van der Waals surface area contributed by atoms with E-state index in [1.165, 1.54) is 11.3 Å². The summed E-state index contributed by atoms with van der Waals surface area (Å²) >= 11 is 1.52. The van der Waals surface area contributed by atoms with Crippen LogP contribution in [0.15, 0.2) is 45.6 Å². The van der Waals surface area contributed by atoms with Crippen molar-refractivity contribution in [1.29, 1.82) is 0 Å². The Morgan fingerprint density at radius 1 is 1.36 bits per heavy atom. The van der Waals surface area contributed by atoms with Crippen molar-refractivity contribution in [3.8, 4) is 17.1 Å². The van der Waals surface area contributed by atoms with Gasteiger partial charge in [-0.05, 0) is 30.5 Å². The van der Waals surface area contributed by atoms with E-state index in [2.05, 4.69) is 10.1 Å². The van der Waals surface area contributed by atoms with Crippen LogP contribution in [0.2, 0.25) is 0 Å². The fraction of sp³-hybridized carbons (Fsp3) is 0.167. The average Bonchev–Trinajstić information content (AvgIpc) is 3.27. The topological polar surface area (TPSA) is 88.3 Å². The van der Waals surface area contributed by atoms with Gasteiger partial charge < -0.3 is 19.2 Å². The van der Waals surface area contributed by atoms with Crippen LogP contribution in [0, 0.1) is 0 Å². The molecule has 0 saturated carbocycles. The van der Waals surface area contributed by atoms with Crippen LogP contribution in [0.4, 0.5) is 0 Å². The van der Waals surface area contributed by atoms with Crippen molar-refractivity contribution in [3.63, 3.8) is 0 Å². The Kier molecular flexibility index (Phi) is 5.25. The van der Waals surface area contributed by atoms with Gasteiger partial charge in [0.05, 0.1) is 6.61 Å². The Hall–Kier alpha value is -2.93. The van der Waals surface area contributed by atoms with Crippen LogP contribution in [0.1, 0.15) is 24.8 Å². The number of para-hydroxylation sites is 1. The maximum Gasteiger partial charge on any atom is 0.254 e. The third-order valence-corrected chi connectivity index (χ3v) is 4.05. The number of carbonyl (C=O) groups excluding carboxylic acids is 1. The largest absolute Gasteiger partial charge is 0.550 e. The van der Waals surface area contributed by atoms with Crippen molar-refractivity contribution in [1.82, 2.24) is 10.1 Å². The first-order chi connectivity index (χ1) is 12.2. The van der Waals surface area contributed by atoms with Gasteiger partial charge in [0.25, 0.3) is 5.89 Å². The van der Waals surface area contributed by atoms with E-state index < -0.39 is 5.97 Å². The van der Waals surface area contributed by atoms with Crippen LogP contribution in [-0.4, -0.2) is 22.7 Å². The van der Waals surface area contributed by atoms with Gasteiger partial charge in [0.1, 0.15) is 5.75 Å². The monoisotopic (exact) mass is 355 g/mol. The molecule has 1 aromatic carbocycles. The molecule has 0 fully saturated rings. The molecule has 0 aliphatic rings. The van der Waals surface area contributed by atoms with E-state index in [1.54, 1.807) is 6.08 Å². The standard InChI is InChI=1S/C18H16N2O4S/c1-2-23-15-6-4-3-5-12(15)9-14(10-16(21)22)18-19-17(20-24-18)13-7-8-25-11-13/h3-9,11H,2,10H2,1H3,(H,21,22)/p-1/b14-9+. The number of hydrogen-bond acceptors (Lipinski definition) is 7. The molecule has 0 N–H and O–H groups in total. The molecule has 3 rings (SSSR count). The molecule has 0 spiro atoms. The SMILES string of the molecule is CCOc1ccccc1/C=C(\CC(=O)[O-])c1nc(-c2ccsc2)no1. The van der Waals surface area contributed by atoms with Gasteiger partial charge in [0, 0.05) is 34.5 Å². The molecular weight excluding hydrogens is 340 g/mol. The highest BCUT2D eigenvalue weighted by atomic mass is 32.1. The number of ether oxygens (including phenoxy) is 1. The second-order valence-electron chi connectivity index (χ2n) is 5.12. The van der Waals surface area contributed by atoms with Gasteiger partial charge in [-0.1, -0.05) is 23.4 Å². The van der Waals surface area contributed by atoms with Crippen molar-refractivity contribution in [2.24, 2.45) is 0 Å². The zero-order chi connectivity index (χ0) is 17.6. The van der Waals surface area contributed by atoms with Gasteiger partial charge in [-0.15, -0.1) is 0 Å². The Bertz CT molecular complexity index is 884. The summed E-state index contributed by atoms with van der Waals surface area (Å²) in [5.74, 6) is -0.0101. The first-order valence-corrected chi connectivity index (χ1v) is 8.60. The Labute approximate surface area is 148 Å². The third kappa shape index (κ3) is 4.13. The predicted octanol–water partition coefficient (Wildman–Crippen LogP) is 2.88. The molecule has 0 radical (unpaired) electrons. The number of aliphatic carboxylic acids is 1. The van der Waals surface area contributed by atoms with E-state index in [-0.39, 0.29) is 12.3 Å². The van der Waals surface area contributed by atoms with Crippen LogP contribution >= 0.6 is 11.3 Å². The van der Waals surface area contributed by atoms with Crippen molar-refractivity contribution in [2.45, 2.75) is 13.3 Å². The highest BCUT2D eigenvalue weighted by Gasteiger charge is 2.14. The second-order valence-corrected chi connectivity index (χ2v) is 5.90. The van der Waals surface area contributed by atoms with E-state index in [4.69, 9.17) is 9.26 Å². The smallest absolute Gasteiger partial charge is 0.254 e. The maximum atomic E-state index is 11.1. The molecule has 128 valence electrons. The molecule has 0 unspecified atom stereocenters. The minimum Gasteiger partial charge on any atom is -0.550 e. The van der Waals surface area contributed by atoms with Gasteiger partial charge in [-0.25, -0.2) is 0 Å². The lowest BCUT2D eigenvalue weighted by molar-refractivity contribution is -0.304. The number of nitrogens with zero attached hydrogens (tertiary/aromatic N) is 2. The number of aromatic nitrogens is 2. The fourth-order valence-corrected chi connectivity index (χ4v) is 2.92. The molecule has 7 heteroatoms. The molecule has 0 aliphatic carbocycles. The molecule has 0 saturated heterocycles. The first-order valence-electron chi connectivity index (χ1n) is 7.66. The lowest BCUT2D eigenvalue weighted by Crippen LogP contribution is -2.22. The van der Waals surface area contributed by atoms with E-state index in [1.807, 2.05) is 48.0 Å². The van der Waals surface area contributed by atoms with Gasteiger partial charge in [0.15, 0.2) is 0 Å². The summed E-state index contributed by atoms with van der Waals surface area (Å²) in [7, 11) is 0. The predicted molar refractivity (Wildman–Crippen MR) is 92.7 cm³/mol. The lowest BCUT2D eigenvalue weighted by atomic mass is 10.1. The minimum absolute atomic E-state index is 0.150. The summed E-state index contributed by atoms with van der Waals surface area (Å²) in [6.07, 6.45) is 1.33. The van der Waals surface area contributed by atoms with Crippen LogP contribution in [0.5, 0.6) is 5.75 Å². The van der Waals surface area contributed by atoms with Gasteiger partial charge in [-0.2, -0.15) is 16.3 Å². The number of benzene rings is 1.